The largest absolute Gasteiger partial charge is 0.469 e. The molecule has 5 heteroatoms. The Morgan fingerprint density at radius 3 is 2.64 bits per heavy atom. The fraction of sp³-hybridized carbons (Fsp3) is 0.833. The number of ether oxygens (including phenoxy) is 1. The SMILES string of the molecule is COC(=O)[C@@H](C)CC[N+](=O)[O-]. The molecule has 0 heterocycles. The van der Waals surface area contributed by atoms with Gasteiger partial charge in [-0.2, -0.15) is 0 Å². The van der Waals surface area contributed by atoms with E-state index < -0.39 is 10.9 Å². The molecule has 0 rings (SSSR count). The van der Waals surface area contributed by atoms with Gasteiger partial charge in [-0.3, -0.25) is 14.9 Å². The van der Waals surface area contributed by atoms with Crippen molar-refractivity contribution in [2.75, 3.05) is 13.7 Å². The number of nitro groups is 1. The van der Waals surface area contributed by atoms with Crippen LogP contribution in [0.2, 0.25) is 0 Å². The summed E-state index contributed by atoms with van der Waals surface area (Å²) >= 11 is 0. The molecule has 1 atom stereocenters. The van der Waals surface area contributed by atoms with Crippen molar-refractivity contribution in [3.8, 4) is 0 Å². The van der Waals surface area contributed by atoms with E-state index in [9.17, 15) is 14.9 Å². The summed E-state index contributed by atoms with van der Waals surface area (Å²) in [5.41, 5.74) is 0. The molecule has 0 saturated heterocycles. The molecule has 0 aromatic rings. The quantitative estimate of drug-likeness (QED) is 0.341. The van der Waals surface area contributed by atoms with E-state index in [1.807, 2.05) is 0 Å². The number of nitrogens with zero attached hydrogens (tertiary/aromatic N) is 1. The Bertz CT molecular complexity index is 157. The third kappa shape index (κ3) is 4.30. The second-order valence-corrected chi connectivity index (χ2v) is 2.27. The number of methoxy groups -OCH3 is 1. The topological polar surface area (TPSA) is 69.4 Å². The first-order chi connectivity index (χ1) is 5.07. The first-order valence-corrected chi connectivity index (χ1v) is 3.27. The van der Waals surface area contributed by atoms with Crippen LogP contribution in [-0.2, 0) is 9.53 Å². The van der Waals surface area contributed by atoms with Crippen LogP contribution in [0.1, 0.15) is 13.3 Å². The highest BCUT2D eigenvalue weighted by Gasteiger charge is 2.14. The molecule has 0 aromatic carbocycles. The van der Waals surface area contributed by atoms with Crippen molar-refractivity contribution in [3.63, 3.8) is 0 Å². The van der Waals surface area contributed by atoms with E-state index in [1.54, 1.807) is 6.92 Å². The van der Waals surface area contributed by atoms with Gasteiger partial charge in [0, 0.05) is 11.3 Å². The van der Waals surface area contributed by atoms with Gasteiger partial charge in [0.1, 0.15) is 0 Å². The van der Waals surface area contributed by atoms with Gasteiger partial charge in [-0.1, -0.05) is 6.92 Å². The van der Waals surface area contributed by atoms with E-state index in [-0.39, 0.29) is 18.9 Å². The number of carbonyl (C=O) groups excluding carboxylic acids is 1. The molecular weight excluding hydrogens is 150 g/mol. The predicted molar refractivity (Wildman–Crippen MR) is 37.7 cm³/mol. The van der Waals surface area contributed by atoms with Crippen LogP contribution in [0.15, 0.2) is 0 Å². The van der Waals surface area contributed by atoms with E-state index in [0.717, 1.165) is 0 Å². The van der Waals surface area contributed by atoms with Crippen molar-refractivity contribution in [3.05, 3.63) is 10.1 Å². The second kappa shape index (κ2) is 4.65. The first kappa shape index (κ1) is 9.87. The summed E-state index contributed by atoms with van der Waals surface area (Å²) in [5.74, 6) is -0.780. The fourth-order valence-corrected chi connectivity index (χ4v) is 0.618. The van der Waals surface area contributed by atoms with Gasteiger partial charge in [0.2, 0.25) is 6.54 Å². The Kier molecular flexibility index (Phi) is 4.17. The maximum Gasteiger partial charge on any atom is 0.308 e. The van der Waals surface area contributed by atoms with Gasteiger partial charge in [-0.05, 0) is 0 Å². The molecule has 0 fully saturated rings. The Hall–Kier alpha value is -1.13. The maximum absolute atomic E-state index is 10.7. The van der Waals surface area contributed by atoms with Crippen molar-refractivity contribution in [1.82, 2.24) is 0 Å². The predicted octanol–water partition coefficient (Wildman–Crippen LogP) is 0.462. The molecule has 0 aliphatic rings. The summed E-state index contributed by atoms with van der Waals surface area (Å²) in [6, 6.07) is 0. The van der Waals surface area contributed by atoms with Crippen LogP contribution in [0, 0.1) is 16.0 Å². The lowest BCUT2D eigenvalue weighted by Crippen LogP contribution is -2.16. The van der Waals surface area contributed by atoms with Crippen molar-refractivity contribution < 1.29 is 14.5 Å². The third-order valence-electron chi connectivity index (χ3n) is 1.35. The lowest BCUT2D eigenvalue weighted by atomic mass is 10.1. The minimum atomic E-state index is -0.445. The van der Waals surface area contributed by atoms with Gasteiger partial charge in [-0.25, -0.2) is 0 Å². The Morgan fingerprint density at radius 2 is 2.27 bits per heavy atom. The van der Waals surface area contributed by atoms with Crippen LogP contribution in [0.4, 0.5) is 0 Å². The molecule has 0 bridgehead atoms. The third-order valence-corrected chi connectivity index (χ3v) is 1.35. The molecule has 0 N–H and O–H groups in total. The van der Waals surface area contributed by atoms with Gasteiger partial charge in [-0.15, -0.1) is 0 Å². The molecule has 0 aliphatic heterocycles. The minimum absolute atomic E-state index is 0.184. The average Bonchev–Trinajstić information content (AvgIpc) is 1.98. The molecule has 0 radical (unpaired) electrons. The van der Waals surface area contributed by atoms with Crippen LogP contribution in [0.3, 0.4) is 0 Å². The van der Waals surface area contributed by atoms with Gasteiger partial charge >= 0.3 is 5.97 Å². The van der Waals surface area contributed by atoms with E-state index in [4.69, 9.17) is 0 Å². The van der Waals surface area contributed by atoms with Gasteiger partial charge in [0.15, 0.2) is 0 Å². The zero-order chi connectivity index (χ0) is 8.85. The summed E-state index contributed by atoms with van der Waals surface area (Å²) in [7, 11) is 1.27. The van der Waals surface area contributed by atoms with Crippen LogP contribution in [0.25, 0.3) is 0 Å². The monoisotopic (exact) mass is 161 g/mol. The molecule has 0 saturated carbocycles. The standard InChI is InChI=1S/C6H11NO4/c1-5(6(8)11-2)3-4-7(9)10/h5H,3-4H2,1-2H3/t5-/m0/s1. The lowest BCUT2D eigenvalue weighted by molar-refractivity contribution is -0.481. The molecule has 11 heavy (non-hydrogen) atoms. The van der Waals surface area contributed by atoms with Crippen LogP contribution in [0.5, 0.6) is 0 Å². The lowest BCUT2D eigenvalue weighted by Gasteiger charge is -2.04. The van der Waals surface area contributed by atoms with E-state index in [2.05, 4.69) is 4.74 Å². The average molecular weight is 161 g/mol. The smallest absolute Gasteiger partial charge is 0.308 e. The van der Waals surface area contributed by atoms with E-state index in [1.165, 1.54) is 7.11 Å². The number of hydrogen-bond donors (Lipinski definition) is 0. The van der Waals surface area contributed by atoms with Crippen molar-refractivity contribution in [2.24, 2.45) is 5.92 Å². The van der Waals surface area contributed by atoms with Crippen LogP contribution >= 0.6 is 0 Å². The summed E-state index contributed by atoms with van der Waals surface area (Å²) in [6.07, 6.45) is 0.236. The number of esters is 1. The normalized spacial score (nSPS) is 12.2. The van der Waals surface area contributed by atoms with Crippen molar-refractivity contribution >= 4 is 5.97 Å². The van der Waals surface area contributed by atoms with Gasteiger partial charge in [0.25, 0.3) is 0 Å². The maximum atomic E-state index is 10.7. The summed E-state index contributed by atoms with van der Waals surface area (Å²) in [5, 5.41) is 9.87. The van der Waals surface area contributed by atoms with E-state index in [0.29, 0.717) is 0 Å². The number of carbonyl (C=O) groups is 1. The zero-order valence-electron chi connectivity index (χ0n) is 6.57. The molecule has 0 unspecified atom stereocenters. The molecular formula is C6H11NO4. The highest BCUT2D eigenvalue weighted by atomic mass is 16.6. The Morgan fingerprint density at radius 1 is 1.73 bits per heavy atom. The Labute approximate surface area is 64.5 Å². The van der Waals surface area contributed by atoms with Crippen LogP contribution in [-0.4, -0.2) is 24.5 Å². The molecule has 5 nitrogen and oxygen atoms in total. The Balaban J connectivity index is 3.60. The number of hydrogen-bond acceptors (Lipinski definition) is 4. The fourth-order valence-electron chi connectivity index (χ4n) is 0.618. The number of rotatable bonds is 4. The van der Waals surface area contributed by atoms with Crippen LogP contribution < -0.4 is 0 Å². The van der Waals surface area contributed by atoms with Gasteiger partial charge in [0.05, 0.1) is 13.0 Å². The van der Waals surface area contributed by atoms with E-state index >= 15 is 0 Å². The van der Waals surface area contributed by atoms with Crippen molar-refractivity contribution in [1.29, 1.82) is 0 Å². The molecule has 0 amide bonds. The van der Waals surface area contributed by atoms with Crippen molar-refractivity contribution in [2.45, 2.75) is 13.3 Å². The molecule has 0 aromatic heterocycles. The summed E-state index contributed by atoms with van der Waals surface area (Å²) in [6.45, 7) is 1.42. The molecule has 64 valence electrons. The molecule has 0 spiro atoms. The molecule has 0 aliphatic carbocycles. The van der Waals surface area contributed by atoms with Gasteiger partial charge < -0.3 is 4.74 Å². The highest BCUT2D eigenvalue weighted by Crippen LogP contribution is 2.02. The second-order valence-electron chi connectivity index (χ2n) is 2.27. The zero-order valence-corrected chi connectivity index (χ0v) is 6.57. The summed E-state index contributed by atoms with van der Waals surface area (Å²) in [4.78, 5) is 20.1. The first-order valence-electron chi connectivity index (χ1n) is 3.27. The highest BCUT2D eigenvalue weighted by molar-refractivity contribution is 5.71. The minimum Gasteiger partial charge on any atom is -0.469 e. The summed E-state index contributed by atoms with van der Waals surface area (Å²) < 4.78 is 4.38.